The minimum absolute atomic E-state index is 0.598. The molecule has 84 valence electrons. The van der Waals surface area contributed by atoms with Crippen molar-refractivity contribution in [2.45, 2.75) is 57.6 Å². The molecule has 0 amide bonds. The Morgan fingerprint density at radius 2 is 2.13 bits per heavy atom. The molecule has 2 rings (SSSR count). The summed E-state index contributed by atoms with van der Waals surface area (Å²) in [5.41, 5.74) is 0.337. The molecule has 1 N–H and O–H groups in total. The number of hydrogen-bond acceptors (Lipinski definition) is 2. The second-order valence-corrected chi connectivity index (χ2v) is 5.21. The van der Waals surface area contributed by atoms with Crippen LogP contribution in [0.3, 0.4) is 0 Å². The van der Waals surface area contributed by atoms with Gasteiger partial charge in [-0.2, -0.15) is 5.10 Å². The van der Waals surface area contributed by atoms with Crippen LogP contribution in [-0.2, 0) is 6.42 Å². The van der Waals surface area contributed by atoms with Crippen LogP contribution in [-0.4, -0.2) is 20.5 Å². The third kappa shape index (κ3) is 2.81. The maximum atomic E-state index is 9.70. The highest BCUT2D eigenvalue weighted by atomic mass is 16.3. The van der Waals surface area contributed by atoms with E-state index in [0.29, 0.717) is 12.5 Å². The van der Waals surface area contributed by atoms with Crippen molar-refractivity contribution in [2.24, 2.45) is 0 Å². The van der Waals surface area contributed by atoms with Crippen molar-refractivity contribution < 1.29 is 5.11 Å². The maximum Gasteiger partial charge on any atom is 0.0653 e. The predicted octanol–water partition coefficient (Wildman–Crippen LogP) is 2.31. The Hall–Kier alpha value is -0.830. The normalized spacial score (nSPS) is 18.6. The van der Waals surface area contributed by atoms with Crippen molar-refractivity contribution in [1.29, 1.82) is 0 Å². The van der Waals surface area contributed by atoms with Crippen molar-refractivity contribution in [3.05, 3.63) is 18.0 Å². The molecule has 1 aliphatic rings. The van der Waals surface area contributed by atoms with Gasteiger partial charge in [-0.1, -0.05) is 12.8 Å². The van der Waals surface area contributed by atoms with E-state index in [1.807, 2.05) is 19.9 Å². The predicted molar refractivity (Wildman–Crippen MR) is 59.7 cm³/mol. The van der Waals surface area contributed by atoms with Gasteiger partial charge in [0, 0.05) is 12.6 Å². The standard InChI is InChI=1S/C12H20N2O/c1-12(2,15)9-10-7-8-14(13-10)11-5-3-4-6-11/h7-8,11,15H,3-6,9H2,1-2H3. The van der Waals surface area contributed by atoms with E-state index >= 15 is 0 Å². The van der Waals surface area contributed by atoms with E-state index in [4.69, 9.17) is 0 Å². The van der Waals surface area contributed by atoms with Crippen LogP contribution in [0.1, 0.15) is 51.3 Å². The lowest BCUT2D eigenvalue weighted by molar-refractivity contribution is 0.0797. The van der Waals surface area contributed by atoms with Crippen molar-refractivity contribution in [1.82, 2.24) is 9.78 Å². The van der Waals surface area contributed by atoms with Gasteiger partial charge in [-0.15, -0.1) is 0 Å². The van der Waals surface area contributed by atoms with Crippen LogP contribution in [0.5, 0.6) is 0 Å². The largest absolute Gasteiger partial charge is 0.390 e. The monoisotopic (exact) mass is 208 g/mol. The van der Waals surface area contributed by atoms with Crippen LogP contribution in [0.4, 0.5) is 0 Å². The summed E-state index contributed by atoms with van der Waals surface area (Å²) in [7, 11) is 0. The average Bonchev–Trinajstić information content (AvgIpc) is 2.68. The van der Waals surface area contributed by atoms with Crippen LogP contribution in [0, 0.1) is 0 Å². The van der Waals surface area contributed by atoms with Gasteiger partial charge in [0.15, 0.2) is 0 Å². The first-order valence-electron chi connectivity index (χ1n) is 5.81. The van der Waals surface area contributed by atoms with Crippen LogP contribution in [0.25, 0.3) is 0 Å². The van der Waals surface area contributed by atoms with Crippen molar-refractivity contribution >= 4 is 0 Å². The Morgan fingerprint density at radius 3 is 2.73 bits per heavy atom. The lowest BCUT2D eigenvalue weighted by atomic mass is 10.0. The Balaban J connectivity index is 2.03. The molecule has 3 heteroatoms. The number of aromatic nitrogens is 2. The summed E-state index contributed by atoms with van der Waals surface area (Å²) in [6.07, 6.45) is 7.84. The Morgan fingerprint density at radius 1 is 1.47 bits per heavy atom. The van der Waals surface area contributed by atoms with Gasteiger partial charge in [-0.25, -0.2) is 0 Å². The number of nitrogens with zero attached hydrogens (tertiary/aromatic N) is 2. The first-order valence-corrected chi connectivity index (χ1v) is 5.81. The van der Waals surface area contributed by atoms with E-state index in [0.717, 1.165) is 5.69 Å². The number of aliphatic hydroxyl groups is 1. The molecule has 0 saturated heterocycles. The molecular formula is C12H20N2O. The molecule has 0 bridgehead atoms. The van der Waals surface area contributed by atoms with Crippen LogP contribution < -0.4 is 0 Å². The Bertz CT molecular complexity index is 319. The second kappa shape index (κ2) is 3.97. The SMILES string of the molecule is CC(C)(O)Cc1ccn(C2CCCC2)n1. The molecule has 1 aromatic rings. The summed E-state index contributed by atoms with van der Waals surface area (Å²) in [4.78, 5) is 0. The van der Waals surface area contributed by atoms with E-state index in [1.54, 1.807) is 0 Å². The summed E-state index contributed by atoms with van der Waals surface area (Å²) in [6, 6.07) is 2.62. The molecule has 0 spiro atoms. The topological polar surface area (TPSA) is 38.0 Å². The molecule has 0 aromatic carbocycles. The fraction of sp³-hybridized carbons (Fsp3) is 0.750. The quantitative estimate of drug-likeness (QED) is 0.827. The molecule has 1 fully saturated rings. The summed E-state index contributed by atoms with van der Waals surface area (Å²) < 4.78 is 2.08. The molecular weight excluding hydrogens is 188 g/mol. The van der Waals surface area contributed by atoms with E-state index in [-0.39, 0.29) is 0 Å². The number of hydrogen-bond donors (Lipinski definition) is 1. The van der Waals surface area contributed by atoms with Gasteiger partial charge in [-0.05, 0) is 32.8 Å². The van der Waals surface area contributed by atoms with Gasteiger partial charge in [0.25, 0.3) is 0 Å². The summed E-state index contributed by atoms with van der Waals surface area (Å²) in [5.74, 6) is 0. The third-order valence-corrected chi connectivity index (χ3v) is 2.98. The van der Waals surface area contributed by atoms with Gasteiger partial charge < -0.3 is 5.11 Å². The molecule has 0 unspecified atom stereocenters. The highest BCUT2D eigenvalue weighted by Gasteiger charge is 2.19. The lowest BCUT2D eigenvalue weighted by Crippen LogP contribution is -2.22. The Labute approximate surface area is 91.1 Å². The van der Waals surface area contributed by atoms with E-state index in [9.17, 15) is 5.11 Å². The molecule has 1 aromatic heterocycles. The smallest absolute Gasteiger partial charge is 0.0653 e. The second-order valence-electron chi connectivity index (χ2n) is 5.21. The molecule has 0 radical (unpaired) electrons. The van der Waals surface area contributed by atoms with E-state index < -0.39 is 5.60 Å². The van der Waals surface area contributed by atoms with Crippen LogP contribution in [0.15, 0.2) is 12.3 Å². The highest BCUT2D eigenvalue weighted by molar-refractivity contribution is 5.03. The minimum atomic E-state index is -0.658. The Kier molecular flexibility index (Phi) is 2.83. The van der Waals surface area contributed by atoms with Crippen molar-refractivity contribution in [3.8, 4) is 0 Å². The molecule has 1 aliphatic carbocycles. The summed E-state index contributed by atoms with van der Waals surface area (Å²) >= 11 is 0. The van der Waals surface area contributed by atoms with Crippen molar-refractivity contribution in [2.75, 3.05) is 0 Å². The fourth-order valence-electron chi connectivity index (χ4n) is 2.29. The van der Waals surface area contributed by atoms with Crippen molar-refractivity contribution in [3.63, 3.8) is 0 Å². The van der Waals surface area contributed by atoms with Crippen LogP contribution >= 0.6 is 0 Å². The van der Waals surface area contributed by atoms with Gasteiger partial charge in [0.1, 0.15) is 0 Å². The number of rotatable bonds is 3. The molecule has 3 nitrogen and oxygen atoms in total. The summed E-state index contributed by atoms with van der Waals surface area (Å²) in [5, 5.41) is 14.2. The minimum Gasteiger partial charge on any atom is -0.390 e. The maximum absolute atomic E-state index is 9.70. The fourth-order valence-corrected chi connectivity index (χ4v) is 2.29. The zero-order valence-corrected chi connectivity index (χ0v) is 9.61. The average molecular weight is 208 g/mol. The zero-order valence-electron chi connectivity index (χ0n) is 9.61. The summed E-state index contributed by atoms with van der Waals surface area (Å²) in [6.45, 7) is 3.64. The lowest BCUT2D eigenvalue weighted by Gasteiger charge is -2.15. The van der Waals surface area contributed by atoms with E-state index in [1.165, 1.54) is 25.7 Å². The highest BCUT2D eigenvalue weighted by Crippen LogP contribution is 2.28. The van der Waals surface area contributed by atoms with Crippen LogP contribution in [0.2, 0.25) is 0 Å². The first-order chi connectivity index (χ1) is 7.04. The van der Waals surface area contributed by atoms with Gasteiger partial charge >= 0.3 is 0 Å². The van der Waals surface area contributed by atoms with Gasteiger partial charge in [0.05, 0.1) is 17.3 Å². The molecule has 0 atom stereocenters. The molecule has 15 heavy (non-hydrogen) atoms. The molecule has 0 aliphatic heterocycles. The van der Waals surface area contributed by atoms with E-state index in [2.05, 4.69) is 16.0 Å². The third-order valence-electron chi connectivity index (χ3n) is 2.98. The molecule has 1 saturated carbocycles. The zero-order chi connectivity index (χ0) is 10.9. The van der Waals surface area contributed by atoms with Gasteiger partial charge in [0.2, 0.25) is 0 Å². The molecule has 1 heterocycles. The van der Waals surface area contributed by atoms with Gasteiger partial charge in [-0.3, -0.25) is 4.68 Å². The first kappa shape index (κ1) is 10.7.